The third-order valence-electron chi connectivity index (χ3n) is 2.16. The van der Waals surface area contributed by atoms with Crippen LogP contribution in [0.5, 0.6) is 0 Å². The molecule has 2 rings (SSSR count). The number of thioether (sulfide) groups is 1. The van der Waals surface area contributed by atoms with Gasteiger partial charge in [-0.25, -0.2) is 0 Å². The summed E-state index contributed by atoms with van der Waals surface area (Å²) in [5, 5.41) is 1.32. The molecular formula is C11H13NS. The highest BCUT2D eigenvalue weighted by Crippen LogP contribution is 2.15. The van der Waals surface area contributed by atoms with E-state index >= 15 is 0 Å². The molecule has 0 aliphatic carbocycles. The van der Waals surface area contributed by atoms with Crippen LogP contribution in [0, 0.1) is 0 Å². The summed E-state index contributed by atoms with van der Waals surface area (Å²) in [6.45, 7) is 0. The van der Waals surface area contributed by atoms with Crippen LogP contribution in [-0.2, 0) is 6.42 Å². The molecule has 1 aromatic carbocycles. The summed E-state index contributed by atoms with van der Waals surface area (Å²) in [7, 11) is 0. The topological polar surface area (TPSA) is 15.8 Å². The Balaban J connectivity index is 2.28. The molecule has 1 heterocycles. The Morgan fingerprint density at radius 3 is 2.92 bits per heavy atom. The first-order valence-electron chi connectivity index (χ1n) is 4.46. The zero-order chi connectivity index (χ0) is 9.10. The van der Waals surface area contributed by atoms with Gasteiger partial charge in [-0.2, -0.15) is 11.8 Å². The van der Waals surface area contributed by atoms with E-state index in [0.29, 0.717) is 0 Å². The first-order valence-corrected chi connectivity index (χ1v) is 5.85. The first-order chi connectivity index (χ1) is 6.40. The summed E-state index contributed by atoms with van der Waals surface area (Å²) < 4.78 is 0. The normalized spacial score (nSPS) is 10.8. The zero-order valence-corrected chi connectivity index (χ0v) is 8.53. The minimum absolute atomic E-state index is 1.13. The minimum Gasteiger partial charge on any atom is -0.358 e. The quantitative estimate of drug-likeness (QED) is 0.788. The van der Waals surface area contributed by atoms with Crippen LogP contribution in [0.25, 0.3) is 10.9 Å². The molecule has 0 atom stereocenters. The van der Waals surface area contributed by atoms with Crippen LogP contribution in [0.1, 0.15) is 5.69 Å². The monoisotopic (exact) mass is 191 g/mol. The van der Waals surface area contributed by atoms with Crippen molar-refractivity contribution in [2.45, 2.75) is 6.42 Å². The Bertz CT molecular complexity index is 359. The Labute approximate surface area is 82.5 Å². The van der Waals surface area contributed by atoms with Crippen LogP contribution in [0.3, 0.4) is 0 Å². The van der Waals surface area contributed by atoms with Crippen molar-refractivity contribution in [2.75, 3.05) is 12.0 Å². The van der Waals surface area contributed by atoms with Crippen molar-refractivity contribution in [3.8, 4) is 0 Å². The molecule has 0 unspecified atom stereocenters. The van der Waals surface area contributed by atoms with Crippen LogP contribution in [0.2, 0.25) is 0 Å². The maximum atomic E-state index is 3.42. The lowest BCUT2D eigenvalue weighted by molar-refractivity contribution is 1.09. The summed E-state index contributed by atoms with van der Waals surface area (Å²) >= 11 is 1.89. The average molecular weight is 191 g/mol. The second-order valence-corrected chi connectivity index (χ2v) is 4.11. The standard InChI is InChI=1S/C11H13NS/c1-13-7-6-10-8-9-4-2-3-5-11(9)12-10/h2-5,8,12H,6-7H2,1H3. The molecule has 1 nitrogen and oxygen atoms in total. The van der Waals surface area contributed by atoms with Gasteiger partial charge in [0.2, 0.25) is 0 Å². The number of aromatic nitrogens is 1. The molecule has 1 N–H and O–H groups in total. The Morgan fingerprint density at radius 2 is 2.15 bits per heavy atom. The molecule has 2 aromatic rings. The van der Waals surface area contributed by atoms with Gasteiger partial charge in [0.05, 0.1) is 0 Å². The molecule has 2 heteroatoms. The van der Waals surface area contributed by atoms with Crippen molar-refractivity contribution < 1.29 is 0 Å². The van der Waals surface area contributed by atoms with E-state index in [1.165, 1.54) is 22.3 Å². The highest BCUT2D eigenvalue weighted by molar-refractivity contribution is 7.98. The molecule has 0 saturated heterocycles. The predicted molar refractivity (Wildman–Crippen MR) is 60.4 cm³/mol. The van der Waals surface area contributed by atoms with E-state index in [1.54, 1.807) is 0 Å². The molecule has 1 aromatic heterocycles. The van der Waals surface area contributed by atoms with Gasteiger partial charge in [0, 0.05) is 11.2 Å². The highest BCUT2D eigenvalue weighted by atomic mass is 32.2. The third kappa shape index (κ3) is 1.89. The fourth-order valence-corrected chi connectivity index (χ4v) is 1.90. The van der Waals surface area contributed by atoms with Crippen LogP contribution in [0.4, 0.5) is 0 Å². The fourth-order valence-electron chi connectivity index (χ4n) is 1.48. The smallest absolute Gasteiger partial charge is 0.0456 e. The number of fused-ring (bicyclic) bond motifs is 1. The second-order valence-electron chi connectivity index (χ2n) is 3.12. The van der Waals surface area contributed by atoms with Crippen molar-refractivity contribution in [3.05, 3.63) is 36.0 Å². The SMILES string of the molecule is CSCCc1cc2ccccc2[nH]1. The van der Waals surface area contributed by atoms with Crippen molar-refractivity contribution in [1.29, 1.82) is 0 Å². The number of hydrogen-bond donors (Lipinski definition) is 1. The number of aromatic amines is 1. The molecule has 0 aliphatic rings. The Kier molecular flexibility index (Phi) is 2.60. The predicted octanol–water partition coefficient (Wildman–Crippen LogP) is 3.07. The highest BCUT2D eigenvalue weighted by Gasteiger charge is 1.98. The number of rotatable bonds is 3. The van der Waals surface area contributed by atoms with E-state index in [1.807, 2.05) is 11.8 Å². The number of nitrogens with one attached hydrogen (secondary N) is 1. The van der Waals surface area contributed by atoms with Crippen LogP contribution >= 0.6 is 11.8 Å². The molecular weight excluding hydrogens is 178 g/mol. The van der Waals surface area contributed by atoms with Gasteiger partial charge in [0.1, 0.15) is 0 Å². The molecule has 0 fully saturated rings. The number of hydrogen-bond acceptors (Lipinski definition) is 1. The van der Waals surface area contributed by atoms with Gasteiger partial charge in [0.25, 0.3) is 0 Å². The zero-order valence-electron chi connectivity index (χ0n) is 7.71. The average Bonchev–Trinajstić information content (AvgIpc) is 2.57. The maximum absolute atomic E-state index is 3.42. The van der Waals surface area contributed by atoms with E-state index in [4.69, 9.17) is 0 Å². The Morgan fingerprint density at radius 1 is 1.31 bits per heavy atom. The lowest BCUT2D eigenvalue weighted by Gasteiger charge is -1.92. The van der Waals surface area contributed by atoms with E-state index in [-0.39, 0.29) is 0 Å². The van der Waals surface area contributed by atoms with Crippen molar-refractivity contribution in [1.82, 2.24) is 4.98 Å². The third-order valence-corrected chi connectivity index (χ3v) is 2.77. The number of benzene rings is 1. The van der Waals surface area contributed by atoms with E-state index in [2.05, 4.69) is 41.6 Å². The molecule has 0 aliphatic heterocycles. The summed E-state index contributed by atoms with van der Waals surface area (Å²) in [6.07, 6.45) is 3.28. The van der Waals surface area contributed by atoms with Gasteiger partial charge in [-0.05, 0) is 35.9 Å². The van der Waals surface area contributed by atoms with Crippen LogP contribution in [0.15, 0.2) is 30.3 Å². The largest absolute Gasteiger partial charge is 0.358 e. The van der Waals surface area contributed by atoms with Gasteiger partial charge in [-0.1, -0.05) is 18.2 Å². The summed E-state index contributed by atoms with van der Waals surface area (Å²) in [5.74, 6) is 1.19. The second kappa shape index (κ2) is 3.88. The first kappa shape index (κ1) is 8.70. The van der Waals surface area contributed by atoms with Gasteiger partial charge >= 0.3 is 0 Å². The molecule has 0 bridgehead atoms. The van der Waals surface area contributed by atoms with Crippen LogP contribution in [-0.4, -0.2) is 17.0 Å². The van der Waals surface area contributed by atoms with Gasteiger partial charge in [-0.3, -0.25) is 0 Å². The summed E-state index contributed by atoms with van der Waals surface area (Å²) in [4.78, 5) is 3.42. The molecule has 0 spiro atoms. The molecule has 13 heavy (non-hydrogen) atoms. The van der Waals surface area contributed by atoms with E-state index in [9.17, 15) is 0 Å². The van der Waals surface area contributed by atoms with Gasteiger partial charge in [0.15, 0.2) is 0 Å². The van der Waals surface area contributed by atoms with Crippen molar-refractivity contribution >= 4 is 22.7 Å². The van der Waals surface area contributed by atoms with Gasteiger partial charge < -0.3 is 4.98 Å². The number of aryl methyl sites for hydroxylation is 1. The summed E-state index contributed by atoms with van der Waals surface area (Å²) in [5.41, 5.74) is 2.59. The number of para-hydroxylation sites is 1. The molecule has 0 saturated carbocycles. The minimum atomic E-state index is 1.13. The van der Waals surface area contributed by atoms with Gasteiger partial charge in [-0.15, -0.1) is 0 Å². The van der Waals surface area contributed by atoms with Crippen LogP contribution < -0.4 is 0 Å². The molecule has 0 amide bonds. The van der Waals surface area contributed by atoms with E-state index in [0.717, 1.165) is 6.42 Å². The Hall–Kier alpha value is -0.890. The molecule has 0 radical (unpaired) electrons. The van der Waals surface area contributed by atoms with E-state index < -0.39 is 0 Å². The lowest BCUT2D eigenvalue weighted by atomic mass is 10.2. The maximum Gasteiger partial charge on any atom is 0.0456 e. The summed E-state index contributed by atoms with van der Waals surface area (Å²) in [6, 6.07) is 10.7. The lowest BCUT2D eigenvalue weighted by Crippen LogP contribution is -1.86. The van der Waals surface area contributed by atoms with Crippen molar-refractivity contribution in [3.63, 3.8) is 0 Å². The fraction of sp³-hybridized carbons (Fsp3) is 0.273. The number of H-pyrrole nitrogens is 1. The van der Waals surface area contributed by atoms with Crippen molar-refractivity contribution in [2.24, 2.45) is 0 Å². The molecule has 68 valence electrons.